The molecule has 0 heterocycles. The van der Waals surface area contributed by atoms with E-state index in [4.69, 9.17) is 10.5 Å². The number of hydrogen-bond acceptors (Lipinski definition) is 2. The summed E-state index contributed by atoms with van der Waals surface area (Å²) in [6, 6.07) is 14.2. The van der Waals surface area contributed by atoms with Gasteiger partial charge >= 0.3 is 0 Å². The molecule has 0 bridgehead atoms. The minimum atomic E-state index is 0.224. The van der Waals surface area contributed by atoms with E-state index in [0.717, 1.165) is 33.3 Å². The molecule has 0 saturated carbocycles. The molecule has 2 nitrogen and oxygen atoms in total. The molecule has 0 aliphatic heterocycles. The van der Waals surface area contributed by atoms with Gasteiger partial charge in [0.2, 0.25) is 0 Å². The van der Waals surface area contributed by atoms with E-state index in [1.807, 2.05) is 30.3 Å². The maximum absolute atomic E-state index is 5.96. The van der Waals surface area contributed by atoms with Crippen LogP contribution in [0.25, 0.3) is 0 Å². The second-order valence-electron chi connectivity index (χ2n) is 4.69. The van der Waals surface area contributed by atoms with Gasteiger partial charge in [-0.3, -0.25) is 0 Å². The molecule has 0 radical (unpaired) electrons. The van der Waals surface area contributed by atoms with E-state index < -0.39 is 0 Å². The van der Waals surface area contributed by atoms with E-state index in [9.17, 15) is 0 Å². The van der Waals surface area contributed by atoms with Crippen LogP contribution in [0.4, 0.5) is 0 Å². The standard InChI is InChI=1S/C16H17Br2NO/c1-2-13(19)9-11-3-6-14(7-4-11)20-16-8-5-12(17)10-15(16)18/h3-8,10,13H,2,9,19H2,1H3. The number of ether oxygens (including phenoxy) is 1. The summed E-state index contributed by atoms with van der Waals surface area (Å²) in [4.78, 5) is 0. The number of nitrogens with two attached hydrogens (primary N) is 1. The first-order valence-corrected chi connectivity index (χ1v) is 8.14. The molecule has 2 N–H and O–H groups in total. The lowest BCUT2D eigenvalue weighted by Crippen LogP contribution is -2.21. The number of halogens is 2. The summed E-state index contributed by atoms with van der Waals surface area (Å²) >= 11 is 6.91. The van der Waals surface area contributed by atoms with Crippen molar-refractivity contribution in [3.63, 3.8) is 0 Å². The summed E-state index contributed by atoms with van der Waals surface area (Å²) in [5, 5.41) is 0. The first-order chi connectivity index (χ1) is 9.58. The summed E-state index contributed by atoms with van der Waals surface area (Å²) in [6.07, 6.45) is 1.89. The van der Waals surface area contributed by atoms with Crippen molar-refractivity contribution in [3.05, 3.63) is 57.0 Å². The lowest BCUT2D eigenvalue weighted by molar-refractivity contribution is 0.479. The molecule has 2 aromatic rings. The Morgan fingerprint density at radius 2 is 1.80 bits per heavy atom. The van der Waals surface area contributed by atoms with Crippen molar-refractivity contribution in [2.75, 3.05) is 0 Å². The molecule has 1 atom stereocenters. The van der Waals surface area contributed by atoms with E-state index in [0.29, 0.717) is 0 Å². The van der Waals surface area contributed by atoms with Crippen molar-refractivity contribution in [2.45, 2.75) is 25.8 Å². The fourth-order valence-electron chi connectivity index (χ4n) is 1.83. The summed E-state index contributed by atoms with van der Waals surface area (Å²) in [5.41, 5.74) is 7.20. The maximum Gasteiger partial charge on any atom is 0.141 e. The molecule has 0 aromatic heterocycles. The summed E-state index contributed by atoms with van der Waals surface area (Å²) < 4.78 is 7.79. The third kappa shape index (κ3) is 4.33. The van der Waals surface area contributed by atoms with Gasteiger partial charge in [-0.15, -0.1) is 0 Å². The molecule has 2 rings (SSSR count). The molecule has 0 aliphatic carbocycles. The largest absolute Gasteiger partial charge is 0.456 e. The van der Waals surface area contributed by atoms with E-state index in [2.05, 4.69) is 50.9 Å². The van der Waals surface area contributed by atoms with Gasteiger partial charge < -0.3 is 10.5 Å². The van der Waals surface area contributed by atoms with Crippen LogP contribution in [-0.2, 0) is 6.42 Å². The lowest BCUT2D eigenvalue weighted by Gasteiger charge is -2.11. The second kappa shape index (κ2) is 7.25. The van der Waals surface area contributed by atoms with Crippen molar-refractivity contribution in [1.82, 2.24) is 0 Å². The monoisotopic (exact) mass is 397 g/mol. The lowest BCUT2D eigenvalue weighted by atomic mass is 10.0. The summed E-state index contributed by atoms with van der Waals surface area (Å²) in [5.74, 6) is 1.62. The Bertz CT molecular complexity index is 569. The van der Waals surface area contributed by atoms with Gasteiger partial charge in [0.15, 0.2) is 0 Å². The highest BCUT2D eigenvalue weighted by Crippen LogP contribution is 2.32. The quantitative estimate of drug-likeness (QED) is 0.743. The first-order valence-electron chi connectivity index (χ1n) is 6.56. The minimum absolute atomic E-state index is 0.224. The van der Waals surface area contributed by atoms with Gasteiger partial charge in [-0.2, -0.15) is 0 Å². The minimum Gasteiger partial charge on any atom is -0.456 e. The Morgan fingerprint density at radius 3 is 2.40 bits per heavy atom. The van der Waals surface area contributed by atoms with E-state index in [-0.39, 0.29) is 6.04 Å². The van der Waals surface area contributed by atoms with E-state index in [1.54, 1.807) is 0 Å². The molecule has 0 aliphatic rings. The zero-order valence-corrected chi connectivity index (χ0v) is 14.4. The molecule has 2 aromatic carbocycles. The Kier molecular flexibility index (Phi) is 5.64. The fraction of sp³-hybridized carbons (Fsp3) is 0.250. The molecule has 1 unspecified atom stereocenters. The molecule has 4 heteroatoms. The Labute approximate surface area is 136 Å². The molecule has 0 spiro atoms. The average molecular weight is 399 g/mol. The molecule has 20 heavy (non-hydrogen) atoms. The van der Waals surface area contributed by atoms with Crippen LogP contribution in [0.5, 0.6) is 11.5 Å². The van der Waals surface area contributed by atoms with Crippen molar-refractivity contribution in [1.29, 1.82) is 0 Å². The molecule has 0 amide bonds. The zero-order chi connectivity index (χ0) is 14.5. The van der Waals surface area contributed by atoms with Crippen LogP contribution in [0.1, 0.15) is 18.9 Å². The van der Waals surface area contributed by atoms with Crippen LogP contribution >= 0.6 is 31.9 Å². The van der Waals surface area contributed by atoms with Crippen molar-refractivity contribution < 1.29 is 4.74 Å². The Hall–Kier alpha value is -0.840. The predicted molar refractivity (Wildman–Crippen MR) is 90.3 cm³/mol. The van der Waals surface area contributed by atoms with Crippen molar-refractivity contribution >= 4 is 31.9 Å². The molecule has 0 fully saturated rings. The normalized spacial score (nSPS) is 12.2. The molecule has 0 saturated heterocycles. The molecule has 106 valence electrons. The third-order valence-electron chi connectivity index (χ3n) is 3.07. The smallest absolute Gasteiger partial charge is 0.141 e. The van der Waals surface area contributed by atoms with Gasteiger partial charge in [0.1, 0.15) is 11.5 Å². The van der Waals surface area contributed by atoms with E-state index >= 15 is 0 Å². The van der Waals surface area contributed by atoms with Gasteiger partial charge in [-0.1, -0.05) is 35.0 Å². The summed E-state index contributed by atoms with van der Waals surface area (Å²) in [7, 11) is 0. The highest BCUT2D eigenvalue weighted by Gasteiger charge is 2.05. The van der Waals surface area contributed by atoms with Gasteiger partial charge in [-0.25, -0.2) is 0 Å². The van der Waals surface area contributed by atoms with Crippen LogP contribution in [0.15, 0.2) is 51.4 Å². The number of rotatable bonds is 5. The van der Waals surface area contributed by atoms with Gasteiger partial charge in [0.05, 0.1) is 4.47 Å². The zero-order valence-electron chi connectivity index (χ0n) is 11.3. The van der Waals surface area contributed by atoms with Gasteiger partial charge in [0.25, 0.3) is 0 Å². The van der Waals surface area contributed by atoms with Gasteiger partial charge in [0, 0.05) is 10.5 Å². The van der Waals surface area contributed by atoms with Crippen molar-refractivity contribution in [2.24, 2.45) is 5.73 Å². The number of benzene rings is 2. The SMILES string of the molecule is CCC(N)Cc1ccc(Oc2ccc(Br)cc2Br)cc1. The van der Waals surface area contributed by atoms with Crippen LogP contribution in [-0.4, -0.2) is 6.04 Å². The Balaban J connectivity index is 2.07. The van der Waals surface area contributed by atoms with Gasteiger partial charge in [-0.05, 0) is 64.7 Å². The number of hydrogen-bond donors (Lipinski definition) is 1. The molecular weight excluding hydrogens is 382 g/mol. The van der Waals surface area contributed by atoms with Crippen LogP contribution in [0, 0.1) is 0 Å². The molecular formula is C16H17Br2NO. The first kappa shape index (κ1) is 15.5. The maximum atomic E-state index is 5.96. The van der Waals surface area contributed by atoms with Crippen molar-refractivity contribution in [3.8, 4) is 11.5 Å². The topological polar surface area (TPSA) is 35.2 Å². The van der Waals surface area contributed by atoms with Crippen LogP contribution in [0.3, 0.4) is 0 Å². The third-order valence-corrected chi connectivity index (χ3v) is 4.18. The van der Waals surface area contributed by atoms with E-state index in [1.165, 1.54) is 5.56 Å². The fourth-order valence-corrected chi connectivity index (χ4v) is 2.95. The van der Waals surface area contributed by atoms with Crippen LogP contribution < -0.4 is 10.5 Å². The highest BCUT2D eigenvalue weighted by atomic mass is 79.9. The van der Waals surface area contributed by atoms with Crippen LogP contribution in [0.2, 0.25) is 0 Å². The predicted octanol–water partition coefficient (Wildman–Crippen LogP) is 5.28. The summed E-state index contributed by atoms with van der Waals surface area (Å²) in [6.45, 7) is 2.10. The average Bonchev–Trinajstić information content (AvgIpc) is 2.44. The highest BCUT2D eigenvalue weighted by molar-refractivity contribution is 9.11. The Morgan fingerprint density at radius 1 is 1.10 bits per heavy atom. The second-order valence-corrected chi connectivity index (χ2v) is 6.46.